The summed E-state index contributed by atoms with van der Waals surface area (Å²) in [5.41, 5.74) is 4.21. The molecule has 35 heavy (non-hydrogen) atoms. The number of hydrogen-bond acceptors (Lipinski definition) is 6. The van der Waals surface area contributed by atoms with Gasteiger partial charge in [-0.25, -0.2) is 0 Å². The van der Waals surface area contributed by atoms with Gasteiger partial charge in [0.1, 0.15) is 11.9 Å². The molecule has 5 rings (SSSR count). The molecular formula is C28H32N4O3. The lowest BCUT2D eigenvalue weighted by Crippen LogP contribution is -2.46. The number of hydrogen-bond donors (Lipinski definition) is 0. The summed E-state index contributed by atoms with van der Waals surface area (Å²) in [4.78, 5) is 18.7. The van der Waals surface area contributed by atoms with E-state index in [9.17, 15) is 10.1 Å². The Labute approximate surface area is 206 Å². The smallest absolute Gasteiger partial charge is 0.292 e. The monoisotopic (exact) mass is 472 g/mol. The Morgan fingerprint density at radius 3 is 2.14 bits per heavy atom. The van der Waals surface area contributed by atoms with Gasteiger partial charge in [-0.3, -0.25) is 19.9 Å². The van der Waals surface area contributed by atoms with Crippen molar-refractivity contribution in [2.75, 3.05) is 44.2 Å². The second-order valence-electron chi connectivity index (χ2n) is 9.29. The van der Waals surface area contributed by atoms with Crippen molar-refractivity contribution in [2.24, 2.45) is 0 Å². The Hall–Kier alpha value is -3.26. The molecule has 182 valence electrons. The minimum absolute atomic E-state index is 0.160. The summed E-state index contributed by atoms with van der Waals surface area (Å²) < 4.78 is 6.12. The van der Waals surface area contributed by atoms with Gasteiger partial charge in [-0.05, 0) is 23.6 Å². The van der Waals surface area contributed by atoms with Crippen LogP contribution in [-0.4, -0.2) is 54.1 Å². The van der Waals surface area contributed by atoms with Crippen molar-refractivity contribution in [3.63, 3.8) is 0 Å². The summed E-state index contributed by atoms with van der Waals surface area (Å²) in [5.74, 6) is 0. The second kappa shape index (κ2) is 11.0. The van der Waals surface area contributed by atoms with Crippen molar-refractivity contribution < 1.29 is 9.66 Å². The molecule has 7 heteroatoms. The zero-order chi connectivity index (χ0) is 24.0. The van der Waals surface area contributed by atoms with Gasteiger partial charge in [-0.2, -0.15) is 0 Å². The van der Waals surface area contributed by atoms with Crippen molar-refractivity contribution in [3.8, 4) is 0 Å². The fourth-order valence-corrected chi connectivity index (χ4v) is 5.07. The first-order chi connectivity index (χ1) is 17.2. The maximum Gasteiger partial charge on any atom is 0.292 e. The van der Waals surface area contributed by atoms with E-state index in [1.54, 1.807) is 6.07 Å². The third kappa shape index (κ3) is 5.70. The van der Waals surface area contributed by atoms with Crippen LogP contribution in [0, 0.1) is 10.1 Å². The van der Waals surface area contributed by atoms with Gasteiger partial charge in [0.05, 0.1) is 11.5 Å². The van der Waals surface area contributed by atoms with Crippen LogP contribution in [0.5, 0.6) is 0 Å². The predicted octanol–water partition coefficient (Wildman–Crippen LogP) is 4.84. The highest BCUT2D eigenvalue weighted by molar-refractivity contribution is 5.65. The van der Waals surface area contributed by atoms with Crippen LogP contribution >= 0.6 is 0 Å². The van der Waals surface area contributed by atoms with Crippen molar-refractivity contribution in [3.05, 3.63) is 106 Å². The molecule has 3 aromatic rings. The molecule has 0 bridgehead atoms. The van der Waals surface area contributed by atoms with Gasteiger partial charge in [0.15, 0.2) is 0 Å². The van der Waals surface area contributed by atoms with E-state index in [-0.39, 0.29) is 16.8 Å². The van der Waals surface area contributed by atoms with Crippen LogP contribution in [-0.2, 0) is 17.8 Å². The van der Waals surface area contributed by atoms with Gasteiger partial charge in [0.25, 0.3) is 5.69 Å². The Morgan fingerprint density at radius 2 is 1.49 bits per heavy atom. The maximum absolute atomic E-state index is 12.1. The van der Waals surface area contributed by atoms with E-state index in [1.807, 2.05) is 36.4 Å². The quantitative estimate of drug-likeness (QED) is 0.362. The number of nitro benzene ring substituents is 1. The molecule has 2 aliphatic heterocycles. The third-order valence-corrected chi connectivity index (χ3v) is 6.87. The lowest BCUT2D eigenvalue weighted by atomic mass is 10.1. The first-order valence-corrected chi connectivity index (χ1v) is 12.4. The Kier molecular flexibility index (Phi) is 7.37. The highest BCUT2D eigenvalue weighted by Crippen LogP contribution is 2.35. The van der Waals surface area contributed by atoms with E-state index in [0.717, 1.165) is 57.8 Å². The number of nitrogens with zero attached hydrogens (tertiary/aromatic N) is 4. The predicted molar refractivity (Wildman–Crippen MR) is 137 cm³/mol. The molecule has 2 aliphatic rings. The second-order valence-corrected chi connectivity index (χ2v) is 9.29. The van der Waals surface area contributed by atoms with E-state index in [4.69, 9.17) is 4.74 Å². The largest absolute Gasteiger partial charge is 0.363 e. The van der Waals surface area contributed by atoms with Crippen LogP contribution < -0.4 is 4.90 Å². The van der Waals surface area contributed by atoms with E-state index >= 15 is 0 Å². The minimum atomic E-state index is -0.278. The van der Waals surface area contributed by atoms with Crippen molar-refractivity contribution in [1.29, 1.82) is 0 Å². The number of nitro groups is 1. The van der Waals surface area contributed by atoms with Crippen molar-refractivity contribution >= 4 is 11.4 Å². The first kappa shape index (κ1) is 23.5. The van der Waals surface area contributed by atoms with E-state index in [2.05, 4.69) is 51.1 Å². The normalized spacial score (nSPS) is 19.5. The van der Waals surface area contributed by atoms with Crippen LogP contribution in [0.1, 0.15) is 29.3 Å². The number of anilines is 1. The molecule has 0 radical (unpaired) electrons. The Balaban J connectivity index is 1.30. The van der Waals surface area contributed by atoms with Crippen molar-refractivity contribution in [1.82, 2.24) is 9.80 Å². The summed E-state index contributed by atoms with van der Waals surface area (Å²) >= 11 is 0. The standard InChI is InChI=1S/C28H32N4O3/c33-32(34)27-20-25(28-31(14-7-19-35-28)22-24-10-5-2-6-11-24)12-13-26(27)30-17-15-29(16-18-30)21-23-8-3-1-4-9-23/h1-6,8-13,20,28H,7,14-19,21-22H2/t28-/m0/s1. The maximum atomic E-state index is 12.1. The van der Waals surface area contributed by atoms with Gasteiger partial charge in [-0.1, -0.05) is 66.7 Å². The number of piperazine rings is 1. The van der Waals surface area contributed by atoms with Gasteiger partial charge < -0.3 is 9.64 Å². The summed E-state index contributed by atoms with van der Waals surface area (Å²) in [7, 11) is 0. The summed E-state index contributed by atoms with van der Waals surface area (Å²) in [6, 6.07) is 26.4. The first-order valence-electron chi connectivity index (χ1n) is 12.4. The highest BCUT2D eigenvalue weighted by Gasteiger charge is 2.29. The van der Waals surface area contributed by atoms with Gasteiger partial charge in [0, 0.05) is 57.4 Å². The average Bonchev–Trinajstić information content (AvgIpc) is 2.90. The highest BCUT2D eigenvalue weighted by atomic mass is 16.6. The van der Waals surface area contributed by atoms with Crippen LogP contribution in [0.15, 0.2) is 78.9 Å². The molecular weight excluding hydrogens is 440 g/mol. The average molecular weight is 473 g/mol. The summed E-state index contributed by atoms with van der Waals surface area (Å²) in [6.45, 7) is 6.53. The fraction of sp³-hybridized carbons (Fsp3) is 0.357. The SMILES string of the molecule is O=[N+]([O-])c1cc([C@@H]2OCCCN2Cc2ccccc2)ccc1N1CCN(Cc2ccccc2)CC1. The van der Waals surface area contributed by atoms with Gasteiger partial charge >= 0.3 is 0 Å². The van der Waals surface area contributed by atoms with Crippen LogP contribution in [0.25, 0.3) is 0 Å². The molecule has 2 saturated heterocycles. The summed E-state index contributed by atoms with van der Waals surface area (Å²) in [6.07, 6.45) is 0.677. The molecule has 0 aliphatic carbocycles. The van der Waals surface area contributed by atoms with E-state index in [0.29, 0.717) is 12.3 Å². The van der Waals surface area contributed by atoms with Gasteiger partial charge in [0.2, 0.25) is 0 Å². The molecule has 3 aromatic carbocycles. The lowest BCUT2D eigenvalue weighted by molar-refractivity contribution is -0.384. The Bertz CT molecular complexity index is 1120. The zero-order valence-electron chi connectivity index (χ0n) is 20.0. The molecule has 0 aromatic heterocycles. The van der Waals surface area contributed by atoms with Gasteiger partial charge in [-0.15, -0.1) is 0 Å². The van der Waals surface area contributed by atoms with Crippen LogP contribution in [0.2, 0.25) is 0 Å². The molecule has 0 spiro atoms. The number of benzene rings is 3. The fourth-order valence-electron chi connectivity index (χ4n) is 5.07. The van der Waals surface area contributed by atoms with Crippen LogP contribution in [0.3, 0.4) is 0 Å². The summed E-state index contributed by atoms with van der Waals surface area (Å²) in [5, 5.41) is 12.1. The third-order valence-electron chi connectivity index (χ3n) is 6.87. The number of rotatable bonds is 7. The molecule has 2 fully saturated rings. The van der Waals surface area contributed by atoms with E-state index in [1.165, 1.54) is 11.1 Å². The topological polar surface area (TPSA) is 62.1 Å². The molecule has 7 nitrogen and oxygen atoms in total. The lowest BCUT2D eigenvalue weighted by Gasteiger charge is -2.37. The molecule has 0 amide bonds. The van der Waals surface area contributed by atoms with E-state index < -0.39 is 0 Å². The zero-order valence-corrected chi connectivity index (χ0v) is 20.0. The van der Waals surface area contributed by atoms with Crippen LogP contribution in [0.4, 0.5) is 11.4 Å². The molecule has 1 atom stereocenters. The molecule has 0 N–H and O–H groups in total. The molecule has 0 unspecified atom stereocenters. The van der Waals surface area contributed by atoms with Crippen molar-refractivity contribution in [2.45, 2.75) is 25.7 Å². The molecule has 0 saturated carbocycles. The number of ether oxygens (including phenoxy) is 1. The minimum Gasteiger partial charge on any atom is -0.363 e. The Morgan fingerprint density at radius 1 is 0.829 bits per heavy atom. The molecule has 2 heterocycles.